The number of aromatic nitrogens is 2. The van der Waals surface area contributed by atoms with Crippen LogP contribution in [0.2, 0.25) is 0 Å². The minimum Gasteiger partial charge on any atom is -0.453 e. The van der Waals surface area contributed by atoms with Crippen LogP contribution in [0.25, 0.3) is 11.0 Å². The van der Waals surface area contributed by atoms with Crippen molar-refractivity contribution in [1.82, 2.24) is 19.2 Å². The molecule has 182 valence electrons. The molecule has 1 saturated carbocycles. The fourth-order valence-corrected chi connectivity index (χ4v) is 5.05. The Bertz CT molecular complexity index is 1100. The highest BCUT2D eigenvalue weighted by Crippen LogP contribution is 2.23. The number of hydrogen-bond donors (Lipinski definition) is 1. The number of esters is 1. The average molecular weight is 479 g/mol. The van der Waals surface area contributed by atoms with Crippen molar-refractivity contribution >= 4 is 32.9 Å². The second kappa shape index (κ2) is 10.6. The van der Waals surface area contributed by atoms with Gasteiger partial charge in [-0.25, -0.2) is 17.7 Å². The molecule has 1 aromatic carbocycles. The second-order valence-electron chi connectivity index (χ2n) is 8.91. The Balaban J connectivity index is 1.55. The van der Waals surface area contributed by atoms with E-state index in [4.69, 9.17) is 4.74 Å². The van der Waals surface area contributed by atoms with E-state index < -0.39 is 22.1 Å². The van der Waals surface area contributed by atoms with Crippen LogP contribution >= 0.6 is 0 Å². The third kappa shape index (κ3) is 6.11. The summed E-state index contributed by atoms with van der Waals surface area (Å²) in [4.78, 5) is 29.2. The minimum absolute atomic E-state index is 0.0697. The van der Waals surface area contributed by atoms with Crippen molar-refractivity contribution in [3.8, 4) is 0 Å². The molecular formula is C23H34N4O5S. The standard InChI is InChI=1S/C23H34N4O5S/c1-16(23(29)24-15-17-8-6-5-7-9-17)32-22(28)13-12-21-25-19-14-18(33(30,31)26(2)3)10-11-20(19)27(21)4/h10-11,14,16-17H,5-9,12-13,15H2,1-4H3,(H,24,29). The van der Waals surface area contributed by atoms with E-state index in [1.54, 1.807) is 19.1 Å². The van der Waals surface area contributed by atoms with E-state index in [0.29, 0.717) is 30.2 Å². The van der Waals surface area contributed by atoms with Gasteiger partial charge in [0.15, 0.2) is 6.10 Å². The fraction of sp³-hybridized carbons (Fsp3) is 0.609. The predicted octanol–water partition coefficient (Wildman–Crippen LogP) is 2.38. The lowest BCUT2D eigenvalue weighted by Crippen LogP contribution is -2.38. The van der Waals surface area contributed by atoms with Crippen molar-refractivity contribution in [2.75, 3.05) is 20.6 Å². The molecule has 10 heteroatoms. The molecule has 9 nitrogen and oxygen atoms in total. The zero-order valence-corrected chi connectivity index (χ0v) is 20.7. The highest BCUT2D eigenvalue weighted by atomic mass is 32.2. The lowest BCUT2D eigenvalue weighted by Gasteiger charge is -2.22. The van der Waals surface area contributed by atoms with Crippen molar-refractivity contribution in [3.63, 3.8) is 0 Å². The molecule has 2 aromatic rings. The van der Waals surface area contributed by atoms with Crippen LogP contribution in [0.5, 0.6) is 0 Å². The summed E-state index contributed by atoms with van der Waals surface area (Å²) in [6, 6.07) is 4.79. The van der Waals surface area contributed by atoms with Gasteiger partial charge in [0.25, 0.3) is 5.91 Å². The Hall–Kier alpha value is -2.46. The number of fused-ring (bicyclic) bond motifs is 1. The summed E-state index contributed by atoms with van der Waals surface area (Å²) in [5.74, 6) is 0.400. The molecule has 1 unspecified atom stereocenters. The maximum atomic E-state index is 12.4. The van der Waals surface area contributed by atoms with E-state index in [2.05, 4.69) is 10.3 Å². The molecule has 33 heavy (non-hydrogen) atoms. The fourth-order valence-electron chi connectivity index (χ4n) is 4.13. The van der Waals surface area contributed by atoms with E-state index in [-0.39, 0.29) is 17.2 Å². The number of carbonyl (C=O) groups is 2. The Morgan fingerprint density at radius 3 is 2.61 bits per heavy atom. The van der Waals surface area contributed by atoms with E-state index in [0.717, 1.165) is 22.7 Å². The molecule has 0 radical (unpaired) electrons. The highest BCUT2D eigenvalue weighted by molar-refractivity contribution is 7.89. The van der Waals surface area contributed by atoms with Crippen LogP contribution in [-0.2, 0) is 37.8 Å². The topological polar surface area (TPSA) is 111 Å². The van der Waals surface area contributed by atoms with Crippen LogP contribution in [0.1, 0.15) is 51.3 Å². The average Bonchev–Trinajstić information content (AvgIpc) is 3.11. The molecule has 0 aliphatic heterocycles. The summed E-state index contributed by atoms with van der Waals surface area (Å²) in [5, 5.41) is 2.90. The predicted molar refractivity (Wildman–Crippen MR) is 125 cm³/mol. The number of hydrogen-bond acceptors (Lipinski definition) is 6. The Labute approximate surface area is 195 Å². The van der Waals surface area contributed by atoms with Crippen LogP contribution in [0.3, 0.4) is 0 Å². The summed E-state index contributed by atoms with van der Waals surface area (Å²) < 4.78 is 33.0. The zero-order valence-electron chi connectivity index (χ0n) is 19.8. The molecule has 1 heterocycles. The lowest BCUT2D eigenvalue weighted by atomic mass is 9.89. The maximum Gasteiger partial charge on any atom is 0.307 e. The van der Waals surface area contributed by atoms with Crippen molar-refractivity contribution in [1.29, 1.82) is 0 Å². The van der Waals surface area contributed by atoms with Crippen molar-refractivity contribution in [3.05, 3.63) is 24.0 Å². The monoisotopic (exact) mass is 478 g/mol. The normalized spacial score (nSPS) is 16.2. The summed E-state index contributed by atoms with van der Waals surface area (Å²) in [6.45, 7) is 2.21. The molecule has 0 bridgehead atoms. The number of amides is 1. The first-order valence-corrected chi connectivity index (χ1v) is 12.9. The number of nitrogens with one attached hydrogen (secondary N) is 1. The molecule has 1 aliphatic rings. The number of aryl methyl sites for hydroxylation is 2. The SMILES string of the molecule is CC(OC(=O)CCc1nc2cc(S(=O)(=O)N(C)C)ccc2n1C)C(=O)NCC1CCCCC1. The highest BCUT2D eigenvalue weighted by Gasteiger charge is 2.22. The first-order valence-electron chi connectivity index (χ1n) is 11.4. The molecule has 0 spiro atoms. The number of nitrogens with zero attached hydrogens (tertiary/aromatic N) is 3. The molecule has 0 saturated heterocycles. The smallest absolute Gasteiger partial charge is 0.307 e. The number of rotatable bonds is 9. The van der Waals surface area contributed by atoms with Crippen molar-refractivity contribution in [2.24, 2.45) is 13.0 Å². The largest absolute Gasteiger partial charge is 0.453 e. The Morgan fingerprint density at radius 1 is 1.24 bits per heavy atom. The van der Waals surface area contributed by atoms with Gasteiger partial charge in [-0.15, -0.1) is 0 Å². The van der Waals surface area contributed by atoms with Gasteiger partial charge >= 0.3 is 5.97 Å². The molecule has 1 fully saturated rings. The third-order valence-electron chi connectivity index (χ3n) is 6.24. The van der Waals surface area contributed by atoms with E-state index in [1.807, 2.05) is 11.6 Å². The lowest BCUT2D eigenvalue weighted by molar-refractivity contribution is -0.154. The summed E-state index contributed by atoms with van der Waals surface area (Å²) in [5.41, 5.74) is 1.31. The van der Waals surface area contributed by atoms with Gasteiger partial charge in [-0.3, -0.25) is 9.59 Å². The number of benzene rings is 1. The van der Waals surface area contributed by atoms with Crippen LogP contribution in [-0.4, -0.2) is 60.9 Å². The Kier molecular flexibility index (Phi) is 8.12. The van der Waals surface area contributed by atoms with Gasteiger partial charge in [0.1, 0.15) is 5.82 Å². The number of carbonyl (C=O) groups excluding carboxylic acids is 2. The zero-order chi connectivity index (χ0) is 24.2. The van der Waals surface area contributed by atoms with Gasteiger partial charge < -0.3 is 14.6 Å². The molecule has 1 aromatic heterocycles. The molecule has 1 amide bonds. The van der Waals surface area contributed by atoms with E-state index in [1.165, 1.54) is 39.4 Å². The number of sulfonamides is 1. The quantitative estimate of drug-likeness (QED) is 0.554. The van der Waals surface area contributed by atoms with Gasteiger partial charge in [0.05, 0.1) is 22.3 Å². The molecule has 1 N–H and O–H groups in total. The molecule has 1 aliphatic carbocycles. The summed E-state index contributed by atoms with van der Waals surface area (Å²) >= 11 is 0. The summed E-state index contributed by atoms with van der Waals surface area (Å²) in [7, 11) is 1.21. The maximum absolute atomic E-state index is 12.4. The third-order valence-corrected chi connectivity index (χ3v) is 8.05. The van der Waals surface area contributed by atoms with E-state index in [9.17, 15) is 18.0 Å². The minimum atomic E-state index is -3.56. The molecular weight excluding hydrogens is 444 g/mol. The van der Waals surface area contributed by atoms with Gasteiger partial charge in [-0.1, -0.05) is 19.3 Å². The van der Waals surface area contributed by atoms with Crippen LogP contribution < -0.4 is 5.32 Å². The van der Waals surface area contributed by atoms with Gasteiger partial charge in [-0.2, -0.15) is 0 Å². The van der Waals surface area contributed by atoms with Crippen molar-refractivity contribution < 1.29 is 22.7 Å². The van der Waals surface area contributed by atoms with Gasteiger partial charge in [0.2, 0.25) is 10.0 Å². The first-order chi connectivity index (χ1) is 15.6. The second-order valence-corrected chi connectivity index (χ2v) is 11.1. The number of imidazole rings is 1. The molecule has 1 atom stereocenters. The number of ether oxygens (including phenoxy) is 1. The van der Waals surface area contributed by atoms with Crippen LogP contribution in [0.15, 0.2) is 23.1 Å². The summed E-state index contributed by atoms with van der Waals surface area (Å²) in [6.07, 6.45) is 5.49. The first kappa shape index (κ1) is 25.2. The van der Waals surface area contributed by atoms with E-state index >= 15 is 0 Å². The van der Waals surface area contributed by atoms with Gasteiger partial charge in [-0.05, 0) is 43.9 Å². The molecule has 3 rings (SSSR count). The van der Waals surface area contributed by atoms with Crippen LogP contribution in [0, 0.1) is 5.92 Å². The van der Waals surface area contributed by atoms with Crippen molar-refractivity contribution in [2.45, 2.75) is 62.9 Å². The van der Waals surface area contributed by atoms with Gasteiger partial charge in [0, 0.05) is 34.1 Å². The Morgan fingerprint density at radius 2 is 1.94 bits per heavy atom. The van der Waals surface area contributed by atoms with Crippen LogP contribution in [0.4, 0.5) is 0 Å².